The lowest BCUT2D eigenvalue weighted by molar-refractivity contribution is -0.00302. The van der Waals surface area contributed by atoms with Crippen molar-refractivity contribution in [2.24, 2.45) is 0 Å². The van der Waals surface area contributed by atoms with Gasteiger partial charge >= 0.3 is 7.12 Å². The Kier molecular flexibility index (Phi) is 6.56. The highest BCUT2D eigenvalue weighted by molar-refractivity contribution is 7.98. The fourth-order valence-electron chi connectivity index (χ4n) is 4.23. The lowest BCUT2D eigenvalue weighted by Gasteiger charge is -2.40. The van der Waals surface area contributed by atoms with Gasteiger partial charge in [0.1, 0.15) is 5.65 Å². The summed E-state index contributed by atoms with van der Waals surface area (Å²) in [5, 5.41) is 11.5. The van der Waals surface area contributed by atoms with Gasteiger partial charge in [-0.15, -0.1) is 0 Å². The Morgan fingerprint density at radius 1 is 1.43 bits per heavy atom. The highest BCUT2D eigenvalue weighted by Crippen LogP contribution is 2.42. The molecule has 0 aromatic carbocycles. The van der Waals surface area contributed by atoms with E-state index in [1.165, 1.54) is 0 Å². The van der Waals surface area contributed by atoms with Crippen molar-refractivity contribution < 1.29 is 9.68 Å². The number of aromatic amines is 1. The number of likely N-dealkylation sites (tertiary alicyclic amines) is 1. The molecule has 0 aliphatic carbocycles. The smallest absolute Gasteiger partial charge is 0.423 e. The molecule has 0 unspecified atom stereocenters. The number of nitrogens with zero attached hydrogens (tertiary/aromatic N) is 3. The van der Waals surface area contributed by atoms with Crippen molar-refractivity contribution >= 4 is 47.5 Å². The van der Waals surface area contributed by atoms with Crippen molar-refractivity contribution in [1.29, 1.82) is 0 Å². The standard InChI is InChI=1S/C18H28BN5O2S2/c1-20-27-11-9-23(2)28-12-10-24-7-4-18(5-8-24)16-14-3-6-21-17(14)22-13-15(16)19(25)26-18/h3,6,13,20,25H,4-5,7-12H2,1-2H3,(H,21,22). The molecule has 152 valence electrons. The molecule has 0 bridgehead atoms. The van der Waals surface area contributed by atoms with Crippen molar-refractivity contribution in [1.82, 2.24) is 23.9 Å². The third kappa shape index (κ3) is 4.09. The zero-order chi connectivity index (χ0) is 19.6. The van der Waals surface area contributed by atoms with Crippen LogP contribution in [0.1, 0.15) is 18.4 Å². The number of aromatic nitrogens is 2. The minimum atomic E-state index is -0.868. The van der Waals surface area contributed by atoms with Crippen LogP contribution < -0.4 is 10.2 Å². The SMILES string of the molecule is CNSCCN(C)SCCN1CCC2(CC1)OB(O)c1cnc3[nH]ccc3c12. The Morgan fingerprint density at radius 3 is 3.04 bits per heavy atom. The van der Waals surface area contributed by atoms with Gasteiger partial charge in [-0.3, -0.25) is 9.03 Å². The van der Waals surface area contributed by atoms with Crippen LogP contribution in [0, 0.1) is 0 Å². The van der Waals surface area contributed by atoms with E-state index in [0.29, 0.717) is 0 Å². The van der Waals surface area contributed by atoms with Crippen LogP contribution in [-0.2, 0) is 10.3 Å². The molecule has 2 aliphatic rings. The quantitative estimate of drug-likeness (QED) is 0.332. The average molecular weight is 421 g/mol. The number of piperidine rings is 1. The molecule has 10 heteroatoms. The predicted molar refractivity (Wildman–Crippen MR) is 119 cm³/mol. The number of nitrogens with one attached hydrogen (secondary N) is 2. The van der Waals surface area contributed by atoms with Gasteiger partial charge in [0.2, 0.25) is 0 Å². The molecule has 3 N–H and O–H groups in total. The lowest BCUT2D eigenvalue weighted by atomic mass is 9.76. The van der Waals surface area contributed by atoms with E-state index in [-0.39, 0.29) is 5.60 Å². The number of hydrogen-bond acceptors (Lipinski definition) is 8. The van der Waals surface area contributed by atoms with Crippen molar-refractivity contribution in [3.63, 3.8) is 0 Å². The number of H-pyrrole nitrogens is 1. The van der Waals surface area contributed by atoms with E-state index >= 15 is 0 Å². The van der Waals surface area contributed by atoms with Gasteiger partial charge in [-0.1, -0.05) is 23.9 Å². The molecule has 2 aromatic rings. The number of pyridine rings is 1. The second kappa shape index (κ2) is 8.95. The van der Waals surface area contributed by atoms with Gasteiger partial charge in [-0.2, -0.15) is 0 Å². The van der Waals surface area contributed by atoms with Crippen LogP contribution in [0.25, 0.3) is 11.0 Å². The first-order chi connectivity index (χ1) is 13.6. The van der Waals surface area contributed by atoms with Crippen molar-refractivity contribution in [3.05, 3.63) is 24.0 Å². The van der Waals surface area contributed by atoms with E-state index in [1.807, 2.05) is 25.2 Å². The first-order valence-electron chi connectivity index (χ1n) is 9.80. The molecule has 1 saturated heterocycles. The number of rotatable bonds is 8. The summed E-state index contributed by atoms with van der Waals surface area (Å²) in [4.78, 5) is 10.1. The van der Waals surface area contributed by atoms with Crippen LogP contribution in [0.4, 0.5) is 0 Å². The molecular formula is C18H28BN5O2S2. The molecule has 0 atom stereocenters. The first-order valence-corrected chi connectivity index (χ1v) is 11.7. The topological polar surface area (TPSA) is 76.7 Å². The fourth-order valence-corrected chi connectivity index (χ4v) is 5.78. The Balaban J connectivity index is 1.33. The zero-order valence-corrected chi connectivity index (χ0v) is 18.1. The Bertz CT molecular complexity index is 799. The van der Waals surface area contributed by atoms with Crippen molar-refractivity contribution in [2.75, 3.05) is 51.8 Å². The maximum Gasteiger partial charge on any atom is 0.493 e. The monoisotopic (exact) mass is 421 g/mol. The van der Waals surface area contributed by atoms with E-state index in [9.17, 15) is 5.02 Å². The normalized spacial score (nSPS) is 19.2. The van der Waals surface area contributed by atoms with Crippen LogP contribution in [-0.4, -0.2) is 83.1 Å². The fraction of sp³-hybridized carbons (Fsp3) is 0.611. The van der Waals surface area contributed by atoms with Gasteiger partial charge in [0.25, 0.3) is 0 Å². The number of hydrogen-bond donors (Lipinski definition) is 3. The van der Waals surface area contributed by atoms with Gasteiger partial charge < -0.3 is 19.6 Å². The van der Waals surface area contributed by atoms with Gasteiger partial charge in [0.05, 0.1) is 5.60 Å². The Morgan fingerprint density at radius 2 is 2.25 bits per heavy atom. The molecular weight excluding hydrogens is 393 g/mol. The van der Waals surface area contributed by atoms with Crippen LogP contribution in [0.3, 0.4) is 0 Å². The molecule has 0 saturated carbocycles. The van der Waals surface area contributed by atoms with Gasteiger partial charge in [0, 0.05) is 60.9 Å². The molecule has 4 heterocycles. The third-order valence-electron chi connectivity index (χ3n) is 5.71. The van der Waals surface area contributed by atoms with E-state index in [0.717, 1.165) is 72.6 Å². The van der Waals surface area contributed by atoms with Crippen LogP contribution in [0.15, 0.2) is 18.5 Å². The molecule has 28 heavy (non-hydrogen) atoms. The minimum absolute atomic E-state index is 0.386. The highest BCUT2D eigenvalue weighted by Gasteiger charge is 2.49. The van der Waals surface area contributed by atoms with Gasteiger partial charge in [-0.25, -0.2) is 4.98 Å². The average Bonchev–Trinajstić information content (AvgIpc) is 3.27. The maximum absolute atomic E-state index is 10.5. The zero-order valence-electron chi connectivity index (χ0n) is 16.5. The van der Waals surface area contributed by atoms with E-state index in [2.05, 4.69) is 37.0 Å². The summed E-state index contributed by atoms with van der Waals surface area (Å²) in [7, 11) is 3.25. The molecule has 1 spiro atoms. The molecule has 4 rings (SSSR count). The van der Waals surface area contributed by atoms with Crippen LogP contribution in [0.5, 0.6) is 0 Å². The van der Waals surface area contributed by atoms with E-state index in [1.54, 1.807) is 18.1 Å². The summed E-state index contributed by atoms with van der Waals surface area (Å²) in [6.07, 6.45) is 5.48. The van der Waals surface area contributed by atoms with Crippen molar-refractivity contribution in [2.45, 2.75) is 18.4 Å². The van der Waals surface area contributed by atoms with E-state index in [4.69, 9.17) is 4.65 Å². The first kappa shape index (κ1) is 20.5. The Hall–Kier alpha value is -0.745. The minimum Gasteiger partial charge on any atom is -0.423 e. The summed E-state index contributed by atoms with van der Waals surface area (Å²) in [5.41, 5.74) is 2.46. The van der Waals surface area contributed by atoms with Crippen LogP contribution in [0.2, 0.25) is 0 Å². The number of fused-ring (bicyclic) bond motifs is 4. The second-order valence-electron chi connectivity index (χ2n) is 7.37. The van der Waals surface area contributed by atoms with Gasteiger partial charge in [-0.05, 0) is 38.6 Å². The summed E-state index contributed by atoms with van der Waals surface area (Å²) in [6, 6.07) is 2.05. The maximum atomic E-state index is 10.5. The predicted octanol–water partition coefficient (Wildman–Crippen LogP) is 1.02. The summed E-state index contributed by atoms with van der Waals surface area (Å²) >= 11 is 3.65. The molecule has 1 fully saturated rings. The molecule has 0 amide bonds. The summed E-state index contributed by atoms with van der Waals surface area (Å²) in [5.74, 6) is 2.19. The lowest BCUT2D eigenvalue weighted by Crippen LogP contribution is -2.44. The van der Waals surface area contributed by atoms with E-state index < -0.39 is 7.12 Å². The Labute approximate surface area is 175 Å². The molecule has 0 radical (unpaired) electrons. The van der Waals surface area contributed by atoms with Gasteiger partial charge in [0.15, 0.2) is 0 Å². The molecule has 2 aromatic heterocycles. The second-order valence-corrected chi connectivity index (χ2v) is 9.77. The third-order valence-corrected chi connectivity index (χ3v) is 7.37. The summed E-state index contributed by atoms with van der Waals surface area (Å²) in [6.45, 7) is 4.12. The highest BCUT2D eigenvalue weighted by atomic mass is 32.2. The molecule has 7 nitrogen and oxygen atoms in total. The van der Waals surface area contributed by atoms with Crippen molar-refractivity contribution in [3.8, 4) is 0 Å². The molecule has 2 aliphatic heterocycles. The summed E-state index contributed by atoms with van der Waals surface area (Å²) < 4.78 is 11.6. The van der Waals surface area contributed by atoms with Crippen LogP contribution >= 0.6 is 23.9 Å². The largest absolute Gasteiger partial charge is 0.493 e.